The molecule has 90 valence electrons. The van der Waals surface area contributed by atoms with Crippen LogP contribution in [0.3, 0.4) is 0 Å². The molecule has 1 aromatic heterocycles. The van der Waals surface area contributed by atoms with Gasteiger partial charge in [-0.15, -0.1) is 0 Å². The van der Waals surface area contributed by atoms with Crippen LogP contribution in [-0.4, -0.2) is 34.5 Å². The Kier molecular flexibility index (Phi) is 3.83. The molecule has 0 aliphatic rings. The summed E-state index contributed by atoms with van der Waals surface area (Å²) in [5.41, 5.74) is 0.422. The molecule has 1 N–H and O–H groups in total. The lowest BCUT2D eigenvalue weighted by Crippen LogP contribution is -2.19. The second-order valence-corrected chi connectivity index (χ2v) is 3.59. The number of hydrogen-bond donors (Lipinski definition) is 1. The van der Waals surface area contributed by atoms with Crippen LogP contribution in [0.25, 0.3) is 0 Å². The molecule has 7 heteroatoms. The maximum atomic E-state index is 10.9. The number of aryl methyl sites for hydroxylation is 2. The first kappa shape index (κ1) is 12.4. The highest BCUT2D eigenvalue weighted by molar-refractivity contribution is 5.59. The number of hydrogen-bond acceptors (Lipinski definition) is 5. The van der Waals surface area contributed by atoms with Crippen molar-refractivity contribution >= 4 is 11.5 Å². The van der Waals surface area contributed by atoms with E-state index in [0.717, 1.165) is 0 Å². The monoisotopic (exact) mass is 228 g/mol. The zero-order valence-electron chi connectivity index (χ0n) is 9.85. The average molecular weight is 228 g/mol. The van der Waals surface area contributed by atoms with Crippen LogP contribution in [0.15, 0.2) is 0 Å². The number of ether oxygens (including phenoxy) is 1. The fourth-order valence-electron chi connectivity index (χ4n) is 1.39. The highest BCUT2D eigenvalue weighted by Crippen LogP contribution is 2.26. The number of methoxy groups -OCH3 is 1. The SMILES string of the molecule is COC(C)CNc1c([N+](=O)[O-])c(C)nn1C. The first-order chi connectivity index (χ1) is 7.47. The lowest BCUT2D eigenvalue weighted by atomic mass is 10.3. The highest BCUT2D eigenvalue weighted by atomic mass is 16.6. The maximum Gasteiger partial charge on any atom is 0.333 e. The van der Waals surface area contributed by atoms with Gasteiger partial charge in [0.15, 0.2) is 0 Å². The molecule has 0 fully saturated rings. The molecule has 0 radical (unpaired) electrons. The molecule has 0 amide bonds. The molecule has 16 heavy (non-hydrogen) atoms. The third-order valence-corrected chi connectivity index (χ3v) is 2.33. The molecule has 1 aromatic rings. The molecule has 7 nitrogen and oxygen atoms in total. The number of nitrogens with one attached hydrogen (secondary N) is 1. The fourth-order valence-corrected chi connectivity index (χ4v) is 1.39. The normalized spacial score (nSPS) is 12.5. The van der Waals surface area contributed by atoms with Crippen LogP contribution in [0.5, 0.6) is 0 Å². The number of rotatable bonds is 5. The summed E-state index contributed by atoms with van der Waals surface area (Å²) < 4.78 is 6.52. The fraction of sp³-hybridized carbons (Fsp3) is 0.667. The van der Waals surface area contributed by atoms with Crippen molar-refractivity contribution in [2.75, 3.05) is 19.0 Å². The number of nitro groups is 1. The lowest BCUT2D eigenvalue weighted by molar-refractivity contribution is -0.384. The summed E-state index contributed by atoms with van der Waals surface area (Å²) in [6.45, 7) is 3.99. The molecule has 0 aromatic carbocycles. The van der Waals surface area contributed by atoms with Gasteiger partial charge in [-0.1, -0.05) is 0 Å². The molecule has 1 heterocycles. The van der Waals surface area contributed by atoms with Gasteiger partial charge in [0, 0.05) is 20.7 Å². The Labute approximate surface area is 93.5 Å². The Bertz CT molecular complexity index is 388. The third-order valence-electron chi connectivity index (χ3n) is 2.33. The molecule has 0 aliphatic heterocycles. The minimum absolute atomic E-state index is 0.0187. The topological polar surface area (TPSA) is 82.2 Å². The van der Waals surface area contributed by atoms with E-state index in [2.05, 4.69) is 10.4 Å². The van der Waals surface area contributed by atoms with Crippen LogP contribution in [0.1, 0.15) is 12.6 Å². The van der Waals surface area contributed by atoms with E-state index in [4.69, 9.17) is 4.74 Å². The van der Waals surface area contributed by atoms with Crippen LogP contribution in [-0.2, 0) is 11.8 Å². The van der Waals surface area contributed by atoms with Gasteiger partial charge >= 0.3 is 5.69 Å². The average Bonchev–Trinajstić information content (AvgIpc) is 2.49. The van der Waals surface area contributed by atoms with Gasteiger partial charge in [-0.05, 0) is 13.8 Å². The minimum Gasteiger partial charge on any atom is -0.380 e. The van der Waals surface area contributed by atoms with Gasteiger partial charge in [-0.2, -0.15) is 5.10 Å². The molecule has 0 saturated heterocycles. The van der Waals surface area contributed by atoms with E-state index in [1.807, 2.05) is 6.92 Å². The van der Waals surface area contributed by atoms with E-state index in [0.29, 0.717) is 18.1 Å². The standard InChI is InChI=1S/C9H16N4O3/c1-6(16-4)5-10-9-8(13(14)15)7(2)11-12(9)3/h6,10H,5H2,1-4H3. The summed E-state index contributed by atoms with van der Waals surface area (Å²) >= 11 is 0. The summed E-state index contributed by atoms with van der Waals surface area (Å²) in [4.78, 5) is 10.4. The quantitative estimate of drug-likeness (QED) is 0.602. The van der Waals surface area contributed by atoms with E-state index in [1.165, 1.54) is 4.68 Å². The molecule has 0 bridgehead atoms. The van der Waals surface area contributed by atoms with E-state index >= 15 is 0 Å². The van der Waals surface area contributed by atoms with Crippen LogP contribution >= 0.6 is 0 Å². The Balaban J connectivity index is 2.90. The molecule has 1 unspecified atom stereocenters. The first-order valence-corrected chi connectivity index (χ1v) is 4.92. The first-order valence-electron chi connectivity index (χ1n) is 4.92. The molecule has 0 aliphatic carbocycles. The van der Waals surface area contributed by atoms with Gasteiger partial charge < -0.3 is 10.1 Å². The van der Waals surface area contributed by atoms with Crippen LogP contribution < -0.4 is 5.32 Å². The largest absolute Gasteiger partial charge is 0.380 e. The molecule has 0 spiro atoms. The molecule has 1 atom stereocenters. The second kappa shape index (κ2) is 4.93. The van der Waals surface area contributed by atoms with E-state index < -0.39 is 4.92 Å². The third kappa shape index (κ3) is 2.48. The van der Waals surface area contributed by atoms with Crippen molar-refractivity contribution in [3.8, 4) is 0 Å². The molecule has 1 rings (SSSR count). The van der Waals surface area contributed by atoms with Crippen molar-refractivity contribution in [2.24, 2.45) is 7.05 Å². The summed E-state index contributed by atoms with van der Waals surface area (Å²) in [6.07, 6.45) is -0.0187. The van der Waals surface area contributed by atoms with E-state index in [1.54, 1.807) is 21.1 Å². The van der Waals surface area contributed by atoms with Gasteiger partial charge in [0.1, 0.15) is 5.69 Å². The predicted molar refractivity (Wildman–Crippen MR) is 59.6 cm³/mol. The van der Waals surface area contributed by atoms with Crippen molar-refractivity contribution in [1.29, 1.82) is 0 Å². The maximum absolute atomic E-state index is 10.9. The Morgan fingerprint density at radius 1 is 1.69 bits per heavy atom. The van der Waals surface area contributed by atoms with E-state index in [9.17, 15) is 10.1 Å². The molecular weight excluding hydrogens is 212 g/mol. The van der Waals surface area contributed by atoms with Gasteiger partial charge in [0.05, 0.1) is 11.0 Å². The molecular formula is C9H16N4O3. The van der Waals surface area contributed by atoms with Crippen molar-refractivity contribution in [3.63, 3.8) is 0 Å². The van der Waals surface area contributed by atoms with Crippen molar-refractivity contribution < 1.29 is 9.66 Å². The van der Waals surface area contributed by atoms with Crippen molar-refractivity contribution in [3.05, 3.63) is 15.8 Å². The number of aromatic nitrogens is 2. The minimum atomic E-state index is -0.428. The Hall–Kier alpha value is -1.63. The smallest absolute Gasteiger partial charge is 0.333 e. The van der Waals surface area contributed by atoms with Crippen LogP contribution in [0.2, 0.25) is 0 Å². The second-order valence-electron chi connectivity index (χ2n) is 3.59. The predicted octanol–water partition coefficient (Wildman–Crippen LogP) is 1.08. The zero-order valence-corrected chi connectivity index (χ0v) is 9.85. The zero-order chi connectivity index (χ0) is 12.3. The number of nitrogens with zero attached hydrogens (tertiary/aromatic N) is 3. The van der Waals surface area contributed by atoms with Crippen LogP contribution in [0.4, 0.5) is 11.5 Å². The Morgan fingerprint density at radius 3 is 2.81 bits per heavy atom. The van der Waals surface area contributed by atoms with Gasteiger partial charge in [0.2, 0.25) is 5.82 Å². The van der Waals surface area contributed by atoms with Crippen molar-refractivity contribution in [2.45, 2.75) is 20.0 Å². The molecule has 0 saturated carbocycles. The van der Waals surface area contributed by atoms with Crippen molar-refractivity contribution in [1.82, 2.24) is 9.78 Å². The Morgan fingerprint density at radius 2 is 2.31 bits per heavy atom. The van der Waals surface area contributed by atoms with Gasteiger partial charge in [0.25, 0.3) is 0 Å². The number of anilines is 1. The summed E-state index contributed by atoms with van der Waals surface area (Å²) in [7, 11) is 3.26. The van der Waals surface area contributed by atoms with E-state index in [-0.39, 0.29) is 11.8 Å². The van der Waals surface area contributed by atoms with Gasteiger partial charge in [-0.3, -0.25) is 10.1 Å². The van der Waals surface area contributed by atoms with Crippen LogP contribution in [0, 0.1) is 17.0 Å². The lowest BCUT2D eigenvalue weighted by Gasteiger charge is -2.11. The summed E-state index contributed by atoms with van der Waals surface area (Å²) in [5, 5.41) is 17.8. The highest BCUT2D eigenvalue weighted by Gasteiger charge is 2.23. The van der Waals surface area contributed by atoms with Gasteiger partial charge in [-0.25, -0.2) is 4.68 Å². The summed E-state index contributed by atoms with van der Waals surface area (Å²) in [5.74, 6) is 0.409. The summed E-state index contributed by atoms with van der Waals surface area (Å²) in [6, 6.07) is 0.